The smallest absolute Gasteiger partial charge is 0.404 e. The van der Waals surface area contributed by atoms with Crippen LogP contribution in [0.5, 0.6) is 0 Å². The Morgan fingerprint density at radius 3 is 2.67 bits per heavy atom. The van der Waals surface area contributed by atoms with Crippen LogP contribution in [-0.4, -0.2) is 33.3 Å². The van der Waals surface area contributed by atoms with Gasteiger partial charge in [0, 0.05) is 23.7 Å². The molecular formula is C17H19ClN4O2. The van der Waals surface area contributed by atoms with Crippen molar-refractivity contribution >= 4 is 23.5 Å². The number of halogens is 1. The van der Waals surface area contributed by atoms with Crippen molar-refractivity contribution in [1.82, 2.24) is 15.3 Å². The summed E-state index contributed by atoms with van der Waals surface area (Å²) < 4.78 is 0. The van der Waals surface area contributed by atoms with E-state index in [0.717, 1.165) is 36.9 Å². The number of amides is 1. The molecule has 126 valence electrons. The maximum Gasteiger partial charge on any atom is 0.404 e. The zero-order valence-electron chi connectivity index (χ0n) is 13.1. The summed E-state index contributed by atoms with van der Waals surface area (Å²) in [6.07, 6.45) is 2.56. The molecule has 1 aliphatic carbocycles. The summed E-state index contributed by atoms with van der Waals surface area (Å²) in [6, 6.07) is 11.8. The topological polar surface area (TPSA) is 87.1 Å². The first kappa shape index (κ1) is 16.5. The van der Waals surface area contributed by atoms with Crippen molar-refractivity contribution in [1.29, 1.82) is 0 Å². The molecule has 2 atom stereocenters. The van der Waals surface area contributed by atoms with Crippen LogP contribution in [0.2, 0.25) is 5.28 Å². The lowest BCUT2D eigenvalue weighted by Crippen LogP contribution is -2.41. The van der Waals surface area contributed by atoms with Crippen LogP contribution in [0.3, 0.4) is 0 Å². The third-order valence-corrected chi connectivity index (χ3v) is 4.29. The molecule has 1 heterocycles. The lowest BCUT2D eigenvalue weighted by atomic mass is 9.91. The minimum absolute atomic E-state index is 0.0281. The van der Waals surface area contributed by atoms with Crippen LogP contribution in [0.25, 0.3) is 11.3 Å². The molecule has 1 aromatic carbocycles. The molecule has 1 fully saturated rings. The Morgan fingerprint density at radius 2 is 1.92 bits per heavy atom. The molecule has 1 saturated carbocycles. The van der Waals surface area contributed by atoms with Gasteiger partial charge >= 0.3 is 6.09 Å². The van der Waals surface area contributed by atoms with Crippen molar-refractivity contribution in [3.05, 3.63) is 41.7 Å². The molecule has 0 bridgehead atoms. The highest BCUT2D eigenvalue weighted by Gasteiger charge is 2.23. The summed E-state index contributed by atoms with van der Waals surface area (Å²) in [5.41, 5.74) is 1.73. The van der Waals surface area contributed by atoms with Crippen molar-refractivity contribution in [2.24, 2.45) is 0 Å². The van der Waals surface area contributed by atoms with E-state index in [4.69, 9.17) is 16.7 Å². The summed E-state index contributed by atoms with van der Waals surface area (Å²) in [5.74, 6) is 0.662. The van der Waals surface area contributed by atoms with E-state index in [9.17, 15) is 4.79 Å². The number of carbonyl (C=O) groups is 1. The minimum Gasteiger partial charge on any atom is -0.465 e. The highest BCUT2D eigenvalue weighted by atomic mass is 35.5. The quantitative estimate of drug-likeness (QED) is 0.733. The second kappa shape index (κ2) is 7.49. The highest BCUT2D eigenvalue weighted by molar-refractivity contribution is 6.28. The van der Waals surface area contributed by atoms with Crippen molar-refractivity contribution in [2.75, 3.05) is 5.32 Å². The van der Waals surface area contributed by atoms with Gasteiger partial charge in [0.05, 0.1) is 5.69 Å². The third kappa shape index (κ3) is 4.35. The number of hydrogen-bond donors (Lipinski definition) is 3. The van der Waals surface area contributed by atoms with Gasteiger partial charge in [0.15, 0.2) is 0 Å². The molecule has 1 aromatic heterocycles. The van der Waals surface area contributed by atoms with E-state index >= 15 is 0 Å². The monoisotopic (exact) mass is 346 g/mol. The summed E-state index contributed by atoms with van der Waals surface area (Å²) in [6.45, 7) is 0. The number of carboxylic acid groups (broad SMARTS) is 1. The average Bonchev–Trinajstić information content (AvgIpc) is 2.55. The van der Waals surface area contributed by atoms with Crippen molar-refractivity contribution in [2.45, 2.75) is 37.8 Å². The molecular weight excluding hydrogens is 328 g/mol. The van der Waals surface area contributed by atoms with Gasteiger partial charge in [0.1, 0.15) is 5.82 Å². The predicted octanol–water partition coefficient (Wildman–Crippen LogP) is 3.79. The Hall–Kier alpha value is -2.34. The number of hydrogen-bond acceptors (Lipinski definition) is 4. The summed E-state index contributed by atoms with van der Waals surface area (Å²) >= 11 is 6.06. The van der Waals surface area contributed by atoms with E-state index in [2.05, 4.69) is 20.6 Å². The van der Waals surface area contributed by atoms with Gasteiger partial charge < -0.3 is 15.7 Å². The Morgan fingerprint density at radius 1 is 1.17 bits per heavy atom. The van der Waals surface area contributed by atoms with E-state index in [1.807, 2.05) is 36.4 Å². The van der Waals surface area contributed by atoms with Crippen LogP contribution >= 0.6 is 11.6 Å². The number of nitrogens with zero attached hydrogens (tertiary/aromatic N) is 2. The fourth-order valence-corrected chi connectivity index (χ4v) is 3.27. The molecule has 1 aliphatic rings. The predicted molar refractivity (Wildman–Crippen MR) is 93.3 cm³/mol. The van der Waals surface area contributed by atoms with Crippen LogP contribution in [0.1, 0.15) is 25.7 Å². The van der Waals surface area contributed by atoms with E-state index < -0.39 is 6.09 Å². The summed E-state index contributed by atoms with van der Waals surface area (Å²) in [7, 11) is 0. The number of rotatable bonds is 4. The zero-order chi connectivity index (χ0) is 16.9. The van der Waals surface area contributed by atoms with Gasteiger partial charge in [-0.05, 0) is 37.3 Å². The molecule has 2 aromatic rings. The molecule has 0 spiro atoms. The molecule has 0 saturated heterocycles. The van der Waals surface area contributed by atoms with Crippen LogP contribution < -0.4 is 10.6 Å². The maximum absolute atomic E-state index is 10.8. The van der Waals surface area contributed by atoms with Crippen molar-refractivity contribution < 1.29 is 9.90 Å². The van der Waals surface area contributed by atoms with Gasteiger partial charge in [-0.3, -0.25) is 0 Å². The first-order valence-corrected chi connectivity index (χ1v) is 8.34. The molecule has 24 heavy (non-hydrogen) atoms. The number of benzene rings is 1. The zero-order valence-corrected chi connectivity index (χ0v) is 13.8. The van der Waals surface area contributed by atoms with Gasteiger partial charge in [-0.1, -0.05) is 30.3 Å². The number of aromatic nitrogens is 2. The van der Waals surface area contributed by atoms with Gasteiger partial charge in [0.25, 0.3) is 0 Å². The standard InChI is InChI=1S/C17H19ClN4O2/c18-16-21-14(11-5-2-1-3-6-11)10-15(22-16)19-12-7-4-8-13(9-12)20-17(23)24/h1-3,5-6,10,12-13,20H,4,7-9H2,(H,23,24)(H,19,21,22). The third-order valence-electron chi connectivity index (χ3n) is 4.12. The number of anilines is 1. The van der Waals surface area contributed by atoms with Crippen molar-refractivity contribution in [3.63, 3.8) is 0 Å². The molecule has 7 heteroatoms. The van der Waals surface area contributed by atoms with E-state index in [1.54, 1.807) is 0 Å². The maximum atomic E-state index is 10.8. The molecule has 0 aliphatic heterocycles. The Labute approximate surface area is 145 Å². The minimum atomic E-state index is -0.975. The van der Waals surface area contributed by atoms with E-state index in [0.29, 0.717) is 5.82 Å². The lowest BCUT2D eigenvalue weighted by molar-refractivity contribution is 0.185. The average molecular weight is 347 g/mol. The Kier molecular flexibility index (Phi) is 5.15. The lowest BCUT2D eigenvalue weighted by Gasteiger charge is -2.30. The SMILES string of the molecule is O=C(O)NC1CCCC(Nc2cc(-c3ccccc3)nc(Cl)n2)C1. The summed E-state index contributed by atoms with van der Waals surface area (Å²) in [4.78, 5) is 19.3. The second-order valence-corrected chi connectivity index (χ2v) is 6.27. The van der Waals surface area contributed by atoms with Gasteiger partial charge in [-0.15, -0.1) is 0 Å². The normalized spacial score (nSPS) is 20.4. The van der Waals surface area contributed by atoms with Crippen LogP contribution in [-0.2, 0) is 0 Å². The Bertz CT molecular complexity index is 711. The van der Waals surface area contributed by atoms with Crippen LogP contribution in [0.15, 0.2) is 36.4 Å². The molecule has 3 N–H and O–H groups in total. The Balaban J connectivity index is 1.73. The molecule has 2 unspecified atom stereocenters. The van der Waals surface area contributed by atoms with Crippen LogP contribution in [0, 0.1) is 0 Å². The first-order chi connectivity index (χ1) is 11.6. The molecule has 1 amide bonds. The fraction of sp³-hybridized carbons (Fsp3) is 0.353. The largest absolute Gasteiger partial charge is 0.465 e. The molecule has 6 nitrogen and oxygen atoms in total. The van der Waals surface area contributed by atoms with Crippen molar-refractivity contribution in [3.8, 4) is 11.3 Å². The first-order valence-electron chi connectivity index (χ1n) is 7.96. The summed E-state index contributed by atoms with van der Waals surface area (Å²) in [5, 5.41) is 15.0. The second-order valence-electron chi connectivity index (χ2n) is 5.93. The van der Waals surface area contributed by atoms with Gasteiger partial charge in [-0.25, -0.2) is 14.8 Å². The van der Waals surface area contributed by atoms with E-state index in [-0.39, 0.29) is 17.4 Å². The highest BCUT2D eigenvalue weighted by Crippen LogP contribution is 2.25. The molecule has 3 rings (SSSR count). The van der Waals surface area contributed by atoms with E-state index in [1.165, 1.54) is 0 Å². The number of nitrogens with one attached hydrogen (secondary N) is 2. The fourth-order valence-electron chi connectivity index (χ4n) is 3.08. The van der Waals surface area contributed by atoms with Crippen LogP contribution in [0.4, 0.5) is 10.6 Å². The van der Waals surface area contributed by atoms with Gasteiger partial charge in [-0.2, -0.15) is 0 Å². The van der Waals surface area contributed by atoms with Gasteiger partial charge in [0.2, 0.25) is 5.28 Å². The molecule has 0 radical (unpaired) electrons.